The van der Waals surface area contributed by atoms with Crippen molar-refractivity contribution in [2.75, 3.05) is 11.9 Å². The molecule has 3 aromatic carbocycles. The van der Waals surface area contributed by atoms with Crippen LogP contribution in [0.1, 0.15) is 25.0 Å². The van der Waals surface area contributed by atoms with Crippen LogP contribution in [-0.4, -0.2) is 34.6 Å². The fourth-order valence-electron chi connectivity index (χ4n) is 3.56. The summed E-state index contributed by atoms with van der Waals surface area (Å²) >= 11 is 6.91. The summed E-state index contributed by atoms with van der Waals surface area (Å²) in [4.78, 5) is 39.3. The smallest absolute Gasteiger partial charge is 0.294 e. The molecule has 3 aromatic rings. The summed E-state index contributed by atoms with van der Waals surface area (Å²) in [6.45, 7) is 5.31. The fourth-order valence-corrected chi connectivity index (χ4v) is 4.56. The van der Waals surface area contributed by atoms with Crippen LogP contribution >= 0.6 is 23.4 Å². The number of benzene rings is 3. The highest BCUT2D eigenvalue weighted by Crippen LogP contribution is 2.37. The van der Waals surface area contributed by atoms with Gasteiger partial charge in [0, 0.05) is 16.3 Å². The largest absolute Gasteiger partial charge is 0.490 e. The van der Waals surface area contributed by atoms with E-state index in [1.54, 1.807) is 24.3 Å². The van der Waals surface area contributed by atoms with Crippen molar-refractivity contribution in [3.8, 4) is 5.75 Å². The molecule has 0 unspecified atom stereocenters. The number of hydrogen-bond donors (Lipinski definition) is 1. The van der Waals surface area contributed by atoms with Gasteiger partial charge in [-0.1, -0.05) is 48.0 Å². The molecule has 174 valence electrons. The monoisotopic (exact) mass is 494 g/mol. The Balaban J connectivity index is 1.59. The molecule has 0 saturated carbocycles. The van der Waals surface area contributed by atoms with Crippen molar-refractivity contribution in [3.05, 3.63) is 75.7 Å². The lowest BCUT2D eigenvalue weighted by atomic mass is 10.0. The summed E-state index contributed by atoms with van der Waals surface area (Å²) in [5, 5.41) is 4.58. The van der Waals surface area contributed by atoms with Crippen LogP contribution in [0, 0.1) is 6.92 Å². The number of thioether (sulfide) groups is 1. The molecule has 1 aliphatic rings. The second-order valence-electron chi connectivity index (χ2n) is 8.15. The van der Waals surface area contributed by atoms with Gasteiger partial charge in [-0.15, -0.1) is 0 Å². The maximum atomic E-state index is 13.1. The van der Waals surface area contributed by atoms with Gasteiger partial charge in [-0.25, -0.2) is 0 Å². The van der Waals surface area contributed by atoms with Crippen LogP contribution in [-0.2, 0) is 9.59 Å². The van der Waals surface area contributed by atoms with E-state index in [0.29, 0.717) is 16.5 Å². The second kappa shape index (κ2) is 9.91. The first-order valence-electron chi connectivity index (χ1n) is 10.7. The minimum absolute atomic E-state index is 0.0673. The van der Waals surface area contributed by atoms with Crippen LogP contribution in [0.5, 0.6) is 5.75 Å². The highest BCUT2D eigenvalue weighted by Gasteiger charge is 2.36. The van der Waals surface area contributed by atoms with E-state index in [9.17, 15) is 14.4 Å². The molecular formula is C26H23ClN2O4S. The van der Waals surface area contributed by atoms with E-state index < -0.39 is 23.6 Å². The Morgan fingerprint density at radius 1 is 1.15 bits per heavy atom. The van der Waals surface area contributed by atoms with Crippen LogP contribution in [0.15, 0.2) is 59.5 Å². The molecule has 34 heavy (non-hydrogen) atoms. The van der Waals surface area contributed by atoms with Gasteiger partial charge in [0.15, 0.2) is 0 Å². The van der Waals surface area contributed by atoms with E-state index >= 15 is 0 Å². The number of amides is 3. The number of hydrogen-bond acceptors (Lipinski definition) is 5. The standard InChI is InChI=1S/C26H23ClN2O4S/c1-15(2)33-22-11-9-17-6-4-5-7-19(17)20(22)13-23-25(31)29(26(32)34-23)14-24(30)28-18-10-8-16(3)21(27)12-18/h4-13,15H,14H2,1-3H3,(H,28,30)/b23-13-. The summed E-state index contributed by atoms with van der Waals surface area (Å²) in [5.74, 6) is -0.387. The van der Waals surface area contributed by atoms with Gasteiger partial charge in [0.05, 0.1) is 11.0 Å². The third-order valence-corrected chi connectivity index (χ3v) is 6.51. The first-order valence-corrected chi connectivity index (χ1v) is 11.9. The van der Waals surface area contributed by atoms with E-state index in [-0.39, 0.29) is 11.0 Å². The molecule has 1 fully saturated rings. The number of ether oxygens (including phenoxy) is 1. The molecule has 1 heterocycles. The van der Waals surface area contributed by atoms with Crippen LogP contribution in [0.2, 0.25) is 5.02 Å². The van der Waals surface area contributed by atoms with E-state index in [0.717, 1.165) is 38.6 Å². The Morgan fingerprint density at radius 2 is 1.91 bits per heavy atom. The Bertz CT molecular complexity index is 1340. The predicted molar refractivity (Wildman–Crippen MR) is 137 cm³/mol. The van der Waals surface area contributed by atoms with Crippen molar-refractivity contribution in [1.29, 1.82) is 0 Å². The topological polar surface area (TPSA) is 75.7 Å². The van der Waals surface area contributed by atoms with Crippen molar-refractivity contribution in [1.82, 2.24) is 4.90 Å². The van der Waals surface area contributed by atoms with Gasteiger partial charge in [0.25, 0.3) is 11.1 Å². The Labute approximate surface area is 206 Å². The number of nitrogens with one attached hydrogen (secondary N) is 1. The van der Waals surface area contributed by atoms with Gasteiger partial charge in [-0.05, 0) is 73.1 Å². The van der Waals surface area contributed by atoms with E-state index in [2.05, 4.69) is 5.32 Å². The first kappa shape index (κ1) is 23.9. The SMILES string of the molecule is Cc1ccc(NC(=O)CN2C(=O)S/C(=C\c3c(OC(C)C)ccc4ccccc34)C2=O)cc1Cl. The third-order valence-electron chi connectivity index (χ3n) is 5.20. The average Bonchev–Trinajstić information content (AvgIpc) is 3.05. The van der Waals surface area contributed by atoms with Crippen LogP contribution in [0.4, 0.5) is 10.5 Å². The number of rotatable bonds is 6. The molecule has 6 nitrogen and oxygen atoms in total. The van der Waals surface area contributed by atoms with Gasteiger partial charge >= 0.3 is 0 Å². The third kappa shape index (κ3) is 5.11. The first-order chi connectivity index (χ1) is 16.2. The van der Waals surface area contributed by atoms with Gasteiger partial charge in [0.1, 0.15) is 12.3 Å². The average molecular weight is 495 g/mol. The zero-order valence-corrected chi connectivity index (χ0v) is 20.5. The molecule has 1 saturated heterocycles. The summed E-state index contributed by atoms with van der Waals surface area (Å²) in [7, 11) is 0. The maximum absolute atomic E-state index is 13.1. The minimum Gasteiger partial charge on any atom is -0.490 e. The fraction of sp³-hybridized carbons (Fsp3) is 0.192. The molecule has 8 heteroatoms. The molecule has 3 amide bonds. The predicted octanol–water partition coefficient (Wildman–Crippen LogP) is 6.26. The van der Waals surface area contributed by atoms with Crippen LogP contribution in [0.25, 0.3) is 16.8 Å². The molecule has 0 bridgehead atoms. The number of anilines is 1. The Morgan fingerprint density at radius 3 is 2.65 bits per heavy atom. The van der Waals surface area contributed by atoms with Crippen LogP contribution in [0.3, 0.4) is 0 Å². The van der Waals surface area contributed by atoms with E-state index in [1.165, 1.54) is 0 Å². The number of carbonyl (C=O) groups excluding carboxylic acids is 3. The van der Waals surface area contributed by atoms with Crippen molar-refractivity contribution in [2.24, 2.45) is 0 Å². The van der Waals surface area contributed by atoms with Crippen molar-refractivity contribution in [3.63, 3.8) is 0 Å². The molecule has 0 spiro atoms. The number of aryl methyl sites for hydroxylation is 1. The highest BCUT2D eigenvalue weighted by atomic mass is 35.5. The lowest BCUT2D eigenvalue weighted by Crippen LogP contribution is -2.36. The summed E-state index contributed by atoms with van der Waals surface area (Å²) in [6, 6.07) is 16.7. The van der Waals surface area contributed by atoms with Crippen LogP contribution < -0.4 is 10.1 Å². The normalized spacial score (nSPS) is 15.0. The number of imide groups is 1. The Kier molecular flexibility index (Phi) is 6.95. The van der Waals surface area contributed by atoms with Crippen molar-refractivity contribution < 1.29 is 19.1 Å². The molecule has 0 aromatic heterocycles. The van der Waals surface area contributed by atoms with Gasteiger partial charge in [-0.3, -0.25) is 19.3 Å². The Hall–Kier alpha value is -3.29. The molecule has 1 aliphatic heterocycles. The van der Waals surface area contributed by atoms with Gasteiger partial charge in [-0.2, -0.15) is 0 Å². The molecule has 0 aliphatic carbocycles. The summed E-state index contributed by atoms with van der Waals surface area (Å²) in [6.07, 6.45) is 1.60. The second-order valence-corrected chi connectivity index (χ2v) is 9.55. The molecule has 0 atom stereocenters. The van der Waals surface area contributed by atoms with E-state index in [1.807, 2.05) is 57.2 Å². The molecule has 0 radical (unpaired) electrons. The highest BCUT2D eigenvalue weighted by molar-refractivity contribution is 8.18. The zero-order chi connectivity index (χ0) is 24.4. The lowest BCUT2D eigenvalue weighted by molar-refractivity contribution is -0.127. The van der Waals surface area contributed by atoms with Crippen molar-refractivity contribution >= 4 is 63.0 Å². The van der Waals surface area contributed by atoms with E-state index in [4.69, 9.17) is 16.3 Å². The number of halogens is 1. The van der Waals surface area contributed by atoms with Gasteiger partial charge in [0.2, 0.25) is 5.91 Å². The molecular weight excluding hydrogens is 472 g/mol. The lowest BCUT2D eigenvalue weighted by Gasteiger charge is -2.15. The van der Waals surface area contributed by atoms with Crippen molar-refractivity contribution in [2.45, 2.75) is 26.9 Å². The zero-order valence-electron chi connectivity index (χ0n) is 18.9. The van der Waals surface area contributed by atoms with Gasteiger partial charge < -0.3 is 10.1 Å². The summed E-state index contributed by atoms with van der Waals surface area (Å²) in [5.41, 5.74) is 2.09. The maximum Gasteiger partial charge on any atom is 0.294 e. The minimum atomic E-state index is -0.518. The summed E-state index contributed by atoms with van der Waals surface area (Å²) < 4.78 is 5.96. The molecule has 1 N–H and O–H groups in total. The number of carbonyl (C=O) groups is 3. The quantitative estimate of drug-likeness (QED) is 0.409. The number of fused-ring (bicyclic) bond motifs is 1. The number of nitrogens with zero attached hydrogens (tertiary/aromatic N) is 1. The molecule has 4 rings (SSSR count).